The molecule has 0 heterocycles. The van der Waals surface area contributed by atoms with E-state index < -0.39 is 55.2 Å². The quantitative estimate of drug-likeness (QED) is 0.0691. The molecule has 7 N–H and O–H groups in total. The Morgan fingerprint density at radius 3 is 2.63 bits per heavy atom. The summed E-state index contributed by atoms with van der Waals surface area (Å²) in [6, 6.07) is 4.00. The first kappa shape index (κ1) is 21.4. The number of benzene rings is 1. The molecule has 1 aromatic rings. The zero-order valence-corrected chi connectivity index (χ0v) is 16.6. The van der Waals surface area contributed by atoms with E-state index in [-0.39, 0.29) is 24.3 Å². The molecule has 150 valence electrons. The van der Waals surface area contributed by atoms with E-state index in [1.807, 2.05) is 0 Å². The number of likely N-dealkylation sites (N-methyl/N-ethyl adjacent to an activating group) is 1. The van der Waals surface area contributed by atoms with E-state index in [1.165, 1.54) is 31.3 Å². The van der Waals surface area contributed by atoms with Crippen LogP contribution in [0.4, 0.5) is 0 Å². The summed E-state index contributed by atoms with van der Waals surface area (Å²) in [7, 11) is 1.36. The molecule has 2 rings (SSSR count). The zero-order chi connectivity index (χ0) is 20.2. The number of carbonyl (C=O) groups is 2. The van der Waals surface area contributed by atoms with Crippen molar-refractivity contribution in [2.24, 2.45) is 0 Å². The first-order valence-corrected chi connectivity index (χ1v) is 10.2. The number of phenols is 2. The summed E-state index contributed by atoms with van der Waals surface area (Å²) in [4.78, 5) is 24.1. The maximum absolute atomic E-state index is 12.1. The number of alkyl halides is 1. The van der Waals surface area contributed by atoms with Gasteiger partial charge in [-0.3, -0.25) is 0 Å². The summed E-state index contributed by atoms with van der Waals surface area (Å²) >= 11 is -1.45. The Morgan fingerprint density at radius 2 is 2.04 bits per heavy atom. The summed E-state index contributed by atoms with van der Waals surface area (Å²) in [5.74, 6) is -2.06. The fraction of sp³-hybridized carbons (Fsp3) is 0.412. The van der Waals surface area contributed by atoms with Crippen molar-refractivity contribution in [2.75, 3.05) is 7.05 Å². The van der Waals surface area contributed by atoms with Crippen LogP contribution in [0.1, 0.15) is 18.4 Å². The molecule has 1 aliphatic rings. The second-order valence-corrected chi connectivity index (χ2v) is 8.22. The predicted octanol–water partition coefficient (Wildman–Crippen LogP) is -4.25. The van der Waals surface area contributed by atoms with Gasteiger partial charge in [-0.1, -0.05) is 0 Å². The maximum atomic E-state index is 12.1. The molecule has 0 aromatic heterocycles. The first-order chi connectivity index (χ1) is 12.7. The number of ether oxygens (including phenoxy) is 1. The molecular weight excluding hydrogens is 473 g/mol. The summed E-state index contributed by atoms with van der Waals surface area (Å²) in [5, 5.41) is 39.6. The number of aliphatic hydroxyl groups is 1. The summed E-state index contributed by atoms with van der Waals surface area (Å²) < 4.78 is 14.3. The van der Waals surface area contributed by atoms with Gasteiger partial charge in [0.25, 0.3) is 0 Å². The van der Waals surface area contributed by atoms with Gasteiger partial charge >= 0.3 is 166 Å². The van der Waals surface area contributed by atoms with Crippen molar-refractivity contribution < 1.29 is 59.8 Å². The van der Waals surface area contributed by atoms with E-state index in [1.54, 1.807) is 0 Å². The standard InChI is InChI=1S/C17H21INO8/c1-19-16(24)17(25)7-12(22)15(18-26)13(8-17)27-14(23)5-3-9-2-4-10(20)11(21)6-9/h2-6,12-13,15,20-22,25-26H,7-8H2,1H3,(H,19,24)/q-1/p+1/b5-3+. The normalized spacial score (nSPS) is 28.2. The summed E-state index contributed by atoms with van der Waals surface area (Å²) in [6.45, 7) is 0. The number of carbonyl (C=O) groups excluding carboxylic acids is 2. The van der Waals surface area contributed by atoms with Gasteiger partial charge in [0.05, 0.1) is 0 Å². The third kappa shape index (κ3) is 5.09. The Morgan fingerprint density at radius 1 is 1.33 bits per heavy atom. The van der Waals surface area contributed by atoms with E-state index in [2.05, 4.69) is 5.32 Å². The molecule has 1 aromatic carbocycles. The third-order valence-electron chi connectivity index (χ3n) is 4.28. The Kier molecular flexibility index (Phi) is 7.03. The van der Waals surface area contributed by atoms with Gasteiger partial charge in [-0.05, 0) is 0 Å². The molecule has 10 heteroatoms. The van der Waals surface area contributed by atoms with Crippen LogP contribution in [0.2, 0.25) is 0 Å². The molecular formula is C17H22INO8. The van der Waals surface area contributed by atoms with E-state index >= 15 is 0 Å². The fourth-order valence-electron chi connectivity index (χ4n) is 2.92. The number of halogens is 1. The number of esters is 1. The number of amides is 1. The van der Waals surface area contributed by atoms with Crippen LogP contribution in [0.5, 0.6) is 11.5 Å². The van der Waals surface area contributed by atoms with Crippen LogP contribution in [-0.2, 0) is 14.3 Å². The second-order valence-electron chi connectivity index (χ2n) is 6.22. The van der Waals surface area contributed by atoms with Gasteiger partial charge in [-0.25, -0.2) is 0 Å². The molecule has 4 unspecified atom stereocenters. The van der Waals surface area contributed by atoms with E-state index in [0.717, 1.165) is 6.08 Å². The van der Waals surface area contributed by atoms with Crippen LogP contribution < -0.4 is 26.9 Å². The second kappa shape index (κ2) is 8.87. The number of rotatable bonds is 5. The molecule has 1 amide bonds. The predicted molar refractivity (Wildman–Crippen MR) is 90.3 cm³/mol. The van der Waals surface area contributed by atoms with Crippen molar-refractivity contribution >= 4 is 18.0 Å². The molecule has 1 saturated carbocycles. The average Bonchev–Trinajstić information content (AvgIpc) is 2.61. The number of hydrogen-bond donors (Lipinski definition) is 5. The van der Waals surface area contributed by atoms with Gasteiger partial charge in [0.1, 0.15) is 0 Å². The topological polar surface area (TPSA) is 159 Å². The van der Waals surface area contributed by atoms with Gasteiger partial charge < -0.3 is 0 Å². The zero-order valence-electron chi connectivity index (χ0n) is 14.4. The number of phenolic OH excluding ortho intramolecular Hbond substituents is 2. The van der Waals surface area contributed by atoms with Gasteiger partial charge in [0, 0.05) is 0 Å². The molecule has 1 aliphatic carbocycles. The fourth-order valence-corrected chi connectivity index (χ4v) is 4.32. The Hall–Kier alpha value is -1.89. The number of hydrogen-bond acceptors (Lipinski definition) is 7. The van der Waals surface area contributed by atoms with E-state index in [4.69, 9.17) is 9.84 Å². The molecule has 0 aliphatic heterocycles. The third-order valence-corrected chi connectivity index (χ3v) is 6.59. The number of aromatic hydroxyl groups is 2. The van der Waals surface area contributed by atoms with Gasteiger partial charge in [-0.15, -0.1) is 0 Å². The van der Waals surface area contributed by atoms with E-state index in [9.17, 15) is 28.3 Å². The van der Waals surface area contributed by atoms with Crippen molar-refractivity contribution in [3.05, 3.63) is 29.8 Å². The van der Waals surface area contributed by atoms with Crippen molar-refractivity contribution in [1.29, 1.82) is 0 Å². The van der Waals surface area contributed by atoms with Gasteiger partial charge in [0.15, 0.2) is 0 Å². The minimum atomic E-state index is -1.84. The molecule has 0 spiro atoms. The Bertz CT molecular complexity index is 740. The molecule has 9 nitrogen and oxygen atoms in total. The molecule has 4 atom stereocenters. The molecule has 0 bridgehead atoms. The van der Waals surface area contributed by atoms with Gasteiger partial charge in [-0.2, -0.15) is 0 Å². The number of nitrogens with one attached hydrogen (secondary N) is 1. The average molecular weight is 495 g/mol. The summed E-state index contributed by atoms with van der Waals surface area (Å²) in [6.07, 6.45) is 0.198. The Labute approximate surface area is 166 Å². The van der Waals surface area contributed by atoms with Crippen LogP contribution in [0.25, 0.3) is 6.08 Å². The minimum absolute atomic E-state index is 0.145. The van der Waals surface area contributed by atoms with Crippen LogP contribution in [0.3, 0.4) is 0 Å². The molecule has 0 radical (unpaired) electrons. The monoisotopic (exact) mass is 495 g/mol. The first-order valence-electron chi connectivity index (χ1n) is 8.03. The van der Waals surface area contributed by atoms with Crippen molar-refractivity contribution in [3.8, 4) is 11.5 Å². The molecule has 27 heavy (non-hydrogen) atoms. The Balaban J connectivity index is 2.11. The van der Waals surface area contributed by atoms with Crippen LogP contribution in [0.15, 0.2) is 24.3 Å². The summed E-state index contributed by atoms with van der Waals surface area (Å²) in [5.41, 5.74) is -1.40. The van der Waals surface area contributed by atoms with Crippen molar-refractivity contribution in [3.63, 3.8) is 0 Å². The SMILES string of the molecule is CNC(=O)C1(O)CC([OH2+])C([I-]O)C(OC(=O)/C=C/c2ccc(O)c(O)c2)C1. The van der Waals surface area contributed by atoms with Crippen molar-refractivity contribution in [2.45, 2.75) is 34.6 Å². The molecule has 0 saturated heterocycles. The van der Waals surface area contributed by atoms with Crippen molar-refractivity contribution in [1.82, 2.24) is 5.32 Å². The van der Waals surface area contributed by atoms with E-state index in [0.29, 0.717) is 5.56 Å². The van der Waals surface area contributed by atoms with Gasteiger partial charge in [0.2, 0.25) is 0 Å². The van der Waals surface area contributed by atoms with Crippen LogP contribution in [0, 0.1) is 0 Å². The molecule has 1 fully saturated rings. The van der Waals surface area contributed by atoms with Crippen LogP contribution >= 0.6 is 0 Å². The van der Waals surface area contributed by atoms with Crippen LogP contribution in [-0.4, -0.2) is 64.5 Å².